The van der Waals surface area contributed by atoms with Crippen molar-refractivity contribution in [3.8, 4) is 11.5 Å². The van der Waals surface area contributed by atoms with Gasteiger partial charge in [-0.05, 0) is 37.1 Å². The van der Waals surface area contributed by atoms with Crippen molar-refractivity contribution in [1.29, 1.82) is 0 Å². The standard InChI is InChI=1S/C13H14N2O/c1-9-3-10(2)5-12(4-9)16-13-6-11(14)7-15-8-13/h3-8H,14H2,1-2H3. The molecule has 2 aromatic rings. The topological polar surface area (TPSA) is 48.1 Å². The molecule has 0 spiro atoms. The number of anilines is 1. The molecule has 0 bridgehead atoms. The molecule has 0 aliphatic carbocycles. The van der Waals surface area contributed by atoms with Crippen LogP contribution in [0.5, 0.6) is 11.5 Å². The molecule has 1 aromatic heterocycles. The molecule has 0 saturated carbocycles. The van der Waals surface area contributed by atoms with Crippen LogP contribution in [0.15, 0.2) is 36.7 Å². The number of nitrogen functional groups attached to an aromatic ring is 1. The molecule has 0 unspecified atom stereocenters. The number of hydrogen-bond donors (Lipinski definition) is 1. The van der Waals surface area contributed by atoms with E-state index in [-0.39, 0.29) is 0 Å². The maximum Gasteiger partial charge on any atom is 0.147 e. The number of hydrogen-bond acceptors (Lipinski definition) is 3. The van der Waals surface area contributed by atoms with Gasteiger partial charge in [0.1, 0.15) is 11.5 Å². The van der Waals surface area contributed by atoms with Crippen LogP contribution in [0.3, 0.4) is 0 Å². The Bertz CT molecular complexity index is 489. The van der Waals surface area contributed by atoms with Gasteiger partial charge in [-0.25, -0.2) is 0 Å². The highest BCUT2D eigenvalue weighted by Crippen LogP contribution is 2.24. The highest BCUT2D eigenvalue weighted by Gasteiger charge is 2.00. The lowest BCUT2D eigenvalue weighted by Gasteiger charge is -2.07. The van der Waals surface area contributed by atoms with Gasteiger partial charge in [-0.2, -0.15) is 0 Å². The van der Waals surface area contributed by atoms with Gasteiger partial charge in [0.15, 0.2) is 0 Å². The molecule has 0 aliphatic heterocycles. The summed E-state index contributed by atoms with van der Waals surface area (Å²) in [5.41, 5.74) is 8.57. The molecular formula is C13H14N2O. The lowest BCUT2D eigenvalue weighted by Crippen LogP contribution is -1.90. The van der Waals surface area contributed by atoms with E-state index in [2.05, 4.69) is 11.1 Å². The Morgan fingerprint density at radius 3 is 2.25 bits per heavy atom. The van der Waals surface area contributed by atoms with Gasteiger partial charge in [0.05, 0.1) is 18.1 Å². The van der Waals surface area contributed by atoms with Gasteiger partial charge in [-0.1, -0.05) is 6.07 Å². The smallest absolute Gasteiger partial charge is 0.147 e. The van der Waals surface area contributed by atoms with Crippen LogP contribution in [0.1, 0.15) is 11.1 Å². The molecule has 0 radical (unpaired) electrons. The predicted molar refractivity (Wildman–Crippen MR) is 64.6 cm³/mol. The zero-order chi connectivity index (χ0) is 11.5. The lowest BCUT2D eigenvalue weighted by molar-refractivity contribution is 0.480. The molecule has 82 valence electrons. The minimum absolute atomic E-state index is 0.599. The monoisotopic (exact) mass is 214 g/mol. The molecule has 0 aliphatic rings. The Kier molecular flexibility index (Phi) is 2.77. The number of ether oxygens (including phenoxy) is 1. The Morgan fingerprint density at radius 2 is 1.62 bits per heavy atom. The quantitative estimate of drug-likeness (QED) is 0.835. The average molecular weight is 214 g/mol. The molecule has 0 fully saturated rings. The number of rotatable bonds is 2. The second-order valence-corrected chi connectivity index (χ2v) is 3.88. The van der Waals surface area contributed by atoms with Crippen LogP contribution in [-0.4, -0.2) is 4.98 Å². The van der Waals surface area contributed by atoms with Crippen molar-refractivity contribution in [3.63, 3.8) is 0 Å². The van der Waals surface area contributed by atoms with Gasteiger partial charge in [-0.15, -0.1) is 0 Å². The first kappa shape index (κ1) is 10.5. The lowest BCUT2D eigenvalue weighted by atomic mass is 10.1. The van der Waals surface area contributed by atoms with Crippen molar-refractivity contribution in [1.82, 2.24) is 4.98 Å². The van der Waals surface area contributed by atoms with E-state index in [9.17, 15) is 0 Å². The third-order valence-electron chi connectivity index (χ3n) is 2.17. The Labute approximate surface area is 94.9 Å². The summed E-state index contributed by atoms with van der Waals surface area (Å²) in [5, 5.41) is 0. The van der Waals surface area contributed by atoms with Crippen molar-refractivity contribution in [3.05, 3.63) is 47.8 Å². The van der Waals surface area contributed by atoms with Gasteiger partial charge >= 0.3 is 0 Å². The van der Waals surface area contributed by atoms with E-state index in [0.29, 0.717) is 11.4 Å². The van der Waals surface area contributed by atoms with Gasteiger partial charge in [-0.3, -0.25) is 4.98 Å². The molecule has 1 heterocycles. The molecule has 3 heteroatoms. The van der Waals surface area contributed by atoms with Crippen molar-refractivity contribution >= 4 is 5.69 Å². The van der Waals surface area contributed by atoms with E-state index in [0.717, 1.165) is 5.75 Å². The molecular weight excluding hydrogens is 200 g/mol. The van der Waals surface area contributed by atoms with Crippen molar-refractivity contribution < 1.29 is 4.74 Å². The van der Waals surface area contributed by atoms with Crippen LogP contribution in [-0.2, 0) is 0 Å². The molecule has 2 rings (SSSR count). The SMILES string of the molecule is Cc1cc(C)cc(Oc2cncc(N)c2)c1. The van der Waals surface area contributed by atoms with Gasteiger partial charge in [0, 0.05) is 6.07 Å². The molecule has 2 N–H and O–H groups in total. The first-order valence-corrected chi connectivity index (χ1v) is 5.10. The Hall–Kier alpha value is -2.03. The normalized spacial score (nSPS) is 10.1. The number of pyridine rings is 1. The molecule has 0 atom stereocenters. The fourth-order valence-electron chi connectivity index (χ4n) is 1.62. The summed E-state index contributed by atoms with van der Waals surface area (Å²) in [7, 11) is 0. The van der Waals surface area contributed by atoms with E-state index in [1.807, 2.05) is 26.0 Å². The zero-order valence-corrected chi connectivity index (χ0v) is 9.40. The molecule has 1 aromatic carbocycles. The molecule has 16 heavy (non-hydrogen) atoms. The number of aryl methyl sites for hydroxylation is 2. The zero-order valence-electron chi connectivity index (χ0n) is 9.40. The number of nitrogens with zero attached hydrogens (tertiary/aromatic N) is 1. The first-order valence-electron chi connectivity index (χ1n) is 5.10. The van der Waals surface area contributed by atoms with Gasteiger partial charge in [0.25, 0.3) is 0 Å². The van der Waals surface area contributed by atoms with E-state index >= 15 is 0 Å². The number of benzene rings is 1. The first-order chi connectivity index (χ1) is 7.63. The molecule has 3 nitrogen and oxygen atoms in total. The maximum atomic E-state index is 5.68. The second-order valence-electron chi connectivity index (χ2n) is 3.88. The summed E-state index contributed by atoms with van der Waals surface area (Å²) in [4.78, 5) is 3.98. The number of aromatic nitrogens is 1. The minimum atomic E-state index is 0.599. The maximum absolute atomic E-state index is 5.68. The summed E-state index contributed by atoms with van der Waals surface area (Å²) in [6.07, 6.45) is 3.24. The van der Waals surface area contributed by atoms with E-state index in [1.165, 1.54) is 11.1 Å². The summed E-state index contributed by atoms with van der Waals surface area (Å²) >= 11 is 0. The summed E-state index contributed by atoms with van der Waals surface area (Å²) < 4.78 is 5.68. The van der Waals surface area contributed by atoms with E-state index in [4.69, 9.17) is 10.5 Å². The Morgan fingerprint density at radius 1 is 0.938 bits per heavy atom. The van der Waals surface area contributed by atoms with Crippen molar-refractivity contribution in [2.24, 2.45) is 0 Å². The highest BCUT2D eigenvalue weighted by atomic mass is 16.5. The Balaban J connectivity index is 2.27. The predicted octanol–water partition coefficient (Wildman–Crippen LogP) is 3.07. The van der Waals surface area contributed by atoms with Crippen LogP contribution < -0.4 is 10.5 Å². The molecule has 0 amide bonds. The fraction of sp³-hybridized carbons (Fsp3) is 0.154. The van der Waals surface area contributed by atoms with Crippen LogP contribution in [0.4, 0.5) is 5.69 Å². The van der Waals surface area contributed by atoms with Crippen molar-refractivity contribution in [2.75, 3.05) is 5.73 Å². The van der Waals surface area contributed by atoms with E-state index in [1.54, 1.807) is 18.5 Å². The van der Waals surface area contributed by atoms with E-state index < -0.39 is 0 Å². The molecule has 0 saturated heterocycles. The summed E-state index contributed by atoms with van der Waals surface area (Å²) in [6, 6.07) is 7.82. The largest absolute Gasteiger partial charge is 0.456 e. The summed E-state index contributed by atoms with van der Waals surface area (Å²) in [6.45, 7) is 4.08. The average Bonchev–Trinajstić information content (AvgIpc) is 2.15. The van der Waals surface area contributed by atoms with Crippen LogP contribution in [0, 0.1) is 13.8 Å². The highest BCUT2D eigenvalue weighted by molar-refractivity contribution is 5.43. The van der Waals surface area contributed by atoms with Crippen LogP contribution in [0.2, 0.25) is 0 Å². The summed E-state index contributed by atoms with van der Waals surface area (Å²) in [5.74, 6) is 1.47. The number of nitrogens with two attached hydrogens (primary N) is 1. The second kappa shape index (κ2) is 4.23. The minimum Gasteiger partial charge on any atom is -0.456 e. The van der Waals surface area contributed by atoms with Crippen LogP contribution >= 0.6 is 0 Å². The third-order valence-corrected chi connectivity index (χ3v) is 2.17. The third kappa shape index (κ3) is 2.51. The fourth-order valence-corrected chi connectivity index (χ4v) is 1.62. The van der Waals surface area contributed by atoms with Crippen LogP contribution in [0.25, 0.3) is 0 Å². The van der Waals surface area contributed by atoms with Crippen molar-refractivity contribution in [2.45, 2.75) is 13.8 Å². The van der Waals surface area contributed by atoms with Gasteiger partial charge in [0.2, 0.25) is 0 Å². The van der Waals surface area contributed by atoms with Gasteiger partial charge < -0.3 is 10.5 Å².